The van der Waals surface area contributed by atoms with Crippen molar-refractivity contribution < 1.29 is 9.47 Å². The zero-order valence-electron chi connectivity index (χ0n) is 17.3. The highest BCUT2D eigenvalue weighted by molar-refractivity contribution is 14.0. The van der Waals surface area contributed by atoms with E-state index >= 15 is 0 Å². The van der Waals surface area contributed by atoms with E-state index in [1.807, 2.05) is 11.3 Å². The highest BCUT2D eigenvalue weighted by Gasteiger charge is 2.26. The fourth-order valence-electron chi connectivity index (χ4n) is 3.84. The van der Waals surface area contributed by atoms with Crippen LogP contribution in [0.15, 0.2) is 22.5 Å². The molecule has 6 nitrogen and oxygen atoms in total. The number of hydrogen-bond acceptors (Lipinski definition) is 5. The zero-order chi connectivity index (χ0) is 19.1. The van der Waals surface area contributed by atoms with Crippen molar-refractivity contribution in [3.63, 3.8) is 0 Å². The fraction of sp³-hybridized carbons (Fsp3) is 0.750. The van der Waals surface area contributed by atoms with Crippen LogP contribution in [0.5, 0.6) is 0 Å². The highest BCUT2D eigenvalue weighted by atomic mass is 127. The molecule has 0 amide bonds. The van der Waals surface area contributed by atoms with Crippen LogP contribution in [0.2, 0.25) is 0 Å². The van der Waals surface area contributed by atoms with E-state index in [0.29, 0.717) is 12.0 Å². The maximum absolute atomic E-state index is 5.75. The third-order valence-corrected chi connectivity index (χ3v) is 6.22. The number of morpholine rings is 1. The predicted octanol–water partition coefficient (Wildman–Crippen LogP) is 3.06. The highest BCUT2D eigenvalue weighted by Crippen LogP contribution is 2.27. The van der Waals surface area contributed by atoms with Gasteiger partial charge in [-0.3, -0.25) is 9.89 Å². The van der Waals surface area contributed by atoms with Gasteiger partial charge in [-0.05, 0) is 31.7 Å². The molecule has 160 valence electrons. The SMILES string of the molecule is CCNC(=NCC(c1cccs1)N1CCOC(C)C1)N(C)CC1CCOC1.I. The first-order valence-electron chi connectivity index (χ1n) is 10.1. The number of aliphatic imine (C=N–C) groups is 1. The van der Waals surface area contributed by atoms with Gasteiger partial charge in [-0.1, -0.05) is 6.07 Å². The van der Waals surface area contributed by atoms with E-state index in [0.717, 1.165) is 64.9 Å². The summed E-state index contributed by atoms with van der Waals surface area (Å²) >= 11 is 1.82. The number of ether oxygens (including phenoxy) is 2. The van der Waals surface area contributed by atoms with Crippen LogP contribution in [0.3, 0.4) is 0 Å². The molecular formula is C20H35IN4O2S. The molecule has 0 aliphatic carbocycles. The maximum Gasteiger partial charge on any atom is 0.193 e. The first-order valence-corrected chi connectivity index (χ1v) is 11.0. The molecule has 1 aromatic rings. The van der Waals surface area contributed by atoms with E-state index in [4.69, 9.17) is 14.5 Å². The number of nitrogens with one attached hydrogen (secondary N) is 1. The third-order valence-electron chi connectivity index (χ3n) is 5.25. The van der Waals surface area contributed by atoms with Crippen LogP contribution in [0.25, 0.3) is 0 Å². The summed E-state index contributed by atoms with van der Waals surface area (Å²) in [5, 5.41) is 5.62. The number of rotatable bonds is 7. The van der Waals surface area contributed by atoms with Crippen LogP contribution in [-0.2, 0) is 9.47 Å². The summed E-state index contributed by atoms with van der Waals surface area (Å²) in [6.07, 6.45) is 1.43. The molecule has 0 radical (unpaired) electrons. The van der Waals surface area contributed by atoms with Crippen molar-refractivity contribution in [3.8, 4) is 0 Å². The number of guanidine groups is 1. The average Bonchev–Trinajstić information content (AvgIpc) is 3.35. The largest absolute Gasteiger partial charge is 0.381 e. The van der Waals surface area contributed by atoms with Crippen molar-refractivity contribution in [3.05, 3.63) is 22.4 Å². The Morgan fingerprint density at radius 2 is 2.32 bits per heavy atom. The molecule has 3 rings (SSSR count). The Morgan fingerprint density at radius 3 is 2.96 bits per heavy atom. The number of hydrogen-bond donors (Lipinski definition) is 1. The summed E-state index contributed by atoms with van der Waals surface area (Å²) in [4.78, 5) is 11.2. The van der Waals surface area contributed by atoms with Crippen molar-refractivity contribution in [2.24, 2.45) is 10.9 Å². The monoisotopic (exact) mass is 522 g/mol. The molecule has 2 aliphatic heterocycles. The molecular weight excluding hydrogens is 487 g/mol. The van der Waals surface area contributed by atoms with Crippen molar-refractivity contribution in [1.29, 1.82) is 0 Å². The van der Waals surface area contributed by atoms with Gasteiger partial charge in [-0.25, -0.2) is 0 Å². The molecule has 0 saturated carbocycles. The zero-order valence-corrected chi connectivity index (χ0v) is 20.4. The molecule has 2 saturated heterocycles. The fourth-order valence-corrected chi connectivity index (χ4v) is 4.69. The van der Waals surface area contributed by atoms with Crippen LogP contribution in [0.1, 0.15) is 31.2 Å². The van der Waals surface area contributed by atoms with E-state index in [2.05, 4.69) is 53.5 Å². The molecule has 2 aliphatic rings. The molecule has 2 fully saturated rings. The van der Waals surface area contributed by atoms with Crippen molar-refractivity contribution in [2.75, 3.05) is 59.6 Å². The second kappa shape index (κ2) is 12.3. The minimum Gasteiger partial charge on any atom is -0.381 e. The van der Waals surface area contributed by atoms with E-state index in [1.165, 1.54) is 4.88 Å². The van der Waals surface area contributed by atoms with Gasteiger partial charge in [0.15, 0.2) is 5.96 Å². The molecule has 1 N–H and O–H groups in total. The Labute approximate surface area is 190 Å². The summed E-state index contributed by atoms with van der Waals surface area (Å²) in [5.74, 6) is 1.60. The molecule has 0 spiro atoms. The normalized spacial score (nSPS) is 24.6. The minimum atomic E-state index is 0. The van der Waals surface area contributed by atoms with Gasteiger partial charge in [-0.2, -0.15) is 0 Å². The van der Waals surface area contributed by atoms with Crippen molar-refractivity contribution in [2.45, 2.75) is 32.4 Å². The summed E-state index contributed by atoms with van der Waals surface area (Å²) in [7, 11) is 2.14. The van der Waals surface area contributed by atoms with Gasteiger partial charge < -0.3 is 19.7 Å². The van der Waals surface area contributed by atoms with E-state index in [1.54, 1.807) is 0 Å². The van der Waals surface area contributed by atoms with E-state index in [9.17, 15) is 0 Å². The molecule has 3 heterocycles. The second-order valence-corrected chi connectivity index (χ2v) is 8.49. The summed E-state index contributed by atoms with van der Waals surface area (Å²) in [6.45, 7) is 11.4. The van der Waals surface area contributed by atoms with Crippen LogP contribution in [0, 0.1) is 5.92 Å². The first kappa shape index (κ1) is 23.9. The number of thiophene rings is 1. The second-order valence-electron chi connectivity index (χ2n) is 7.51. The molecule has 1 aromatic heterocycles. The maximum atomic E-state index is 5.75. The topological polar surface area (TPSA) is 49.3 Å². The lowest BCUT2D eigenvalue weighted by Gasteiger charge is -2.36. The standard InChI is InChI=1S/C20H34N4O2S.HI/c1-4-21-20(23(3)14-17-7-9-25-15-17)22-12-18(19-6-5-11-27-19)24-8-10-26-16(2)13-24;/h5-6,11,16-18H,4,7-10,12-15H2,1-3H3,(H,21,22);1H. The molecule has 3 unspecified atom stereocenters. The Hall–Kier alpha value is -0.420. The summed E-state index contributed by atoms with van der Waals surface area (Å²) < 4.78 is 11.3. The Kier molecular flexibility index (Phi) is 10.5. The minimum absolute atomic E-state index is 0. The van der Waals surface area contributed by atoms with Crippen LogP contribution in [0.4, 0.5) is 0 Å². The lowest BCUT2D eigenvalue weighted by Crippen LogP contribution is -2.45. The quantitative estimate of drug-likeness (QED) is 0.339. The summed E-state index contributed by atoms with van der Waals surface area (Å²) in [6, 6.07) is 4.68. The number of nitrogens with zero attached hydrogens (tertiary/aromatic N) is 3. The van der Waals surface area contributed by atoms with Crippen LogP contribution < -0.4 is 5.32 Å². The van der Waals surface area contributed by atoms with E-state index in [-0.39, 0.29) is 30.1 Å². The van der Waals surface area contributed by atoms with Gasteiger partial charge >= 0.3 is 0 Å². The number of halogens is 1. The molecule has 0 aromatic carbocycles. The van der Waals surface area contributed by atoms with Crippen LogP contribution in [-0.4, -0.2) is 81.5 Å². The molecule has 0 bridgehead atoms. The van der Waals surface area contributed by atoms with Gasteiger partial charge in [0.05, 0.1) is 31.9 Å². The Morgan fingerprint density at radius 1 is 1.46 bits per heavy atom. The van der Waals surface area contributed by atoms with Crippen molar-refractivity contribution >= 4 is 41.3 Å². The average molecular weight is 522 g/mol. The Bertz CT molecular complexity index is 581. The van der Waals surface area contributed by atoms with Gasteiger partial charge in [0, 0.05) is 50.6 Å². The van der Waals surface area contributed by atoms with Gasteiger partial charge in [0.2, 0.25) is 0 Å². The van der Waals surface area contributed by atoms with Gasteiger partial charge in [0.25, 0.3) is 0 Å². The van der Waals surface area contributed by atoms with Crippen LogP contribution >= 0.6 is 35.3 Å². The smallest absolute Gasteiger partial charge is 0.193 e. The summed E-state index contributed by atoms with van der Waals surface area (Å²) in [5.41, 5.74) is 0. The third kappa shape index (κ3) is 6.83. The molecule has 8 heteroatoms. The first-order chi connectivity index (χ1) is 13.2. The Balaban J connectivity index is 0.00000280. The molecule has 3 atom stereocenters. The van der Waals surface area contributed by atoms with Gasteiger partial charge in [0.1, 0.15) is 0 Å². The predicted molar refractivity (Wildman–Crippen MR) is 127 cm³/mol. The molecule has 28 heavy (non-hydrogen) atoms. The van der Waals surface area contributed by atoms with Gasteiger partial charge in [-0.15, -0.1) is 35.3 Å². The lowest BCUT2D eigenvalue weighted by atomic mass is 10.1. The lowest BCUT2D eigenvalue weighted by molar-refractivity contribution is -0.0327. The van der Waals surface area contributed by atoms with Crippen molar-refractivity contribution in [1.82, 2.24) is 15.1 Å². The van der Waals surface area contributed by atoms with E-state index < -0.39 is 0 Å².